The molecule has 0 spiro atoms. The number of carbonyl (C=O) groups excluding carboxylic acids is 3. The number of fused-ring (bicyclic) bond motifs is 2. The normalized spacial score (nSPS) is 23.5. The zero-order valence-corrected chi connectivity index (χ0v) is 15.5. The van der Waals surface area contributed by atoms with Gasteiger partial charge in [-0.25, -0.2) is 0 Å². The zero-order valence-electron chi connectivity index (χ0n) is 14.7. The second-order valence-corrected chi connectivity index (χ2v) is 7.45. The molecule has 3 aliphatic rings. The first-order valence-electron chi connectivity index (χ1n) is 9.13. The summed E-state index contributed by atoms with van der Waals surface area (Å²) in [5.41, 5.74) is 0.678. The number of nitrogens with zero attached hydrogens (tertiary/aromatic N) is 1. The van der Waals surface area contributed by atoms with Crippen LogP contribution in [-0.2, 0) is 25.7 Å². The highest BCUT2D eigenvalue weighted by atomic mass is 35.5. The summed E-state index contributed by atoms with van der Waals surface area (Å²) in [6.45, 7) is 0.214. The van der Waals surface area contributed by atoms with Crippen molar-refractivity contribution >= 4 is 29.4 Å². The van der Waals surface area contributed by atoms with Crippen molar-refractivity contribution in [3.05, 3.63) is 22.7 Å². The van der Waals surface area contributed by atoms with Gasteiger partial charge in [-0.15, -0.1) is 0 Å². The van der Waals surface area contributed by atoms with Gasteiger partial charge in [0, 0.05) is 6.54 Å². The van der Waals surface area contributed by atoms with Crippen LogP contribution in [0.25, 0.3) is 0 Å². The molecule has 1 aromatic carbocycles. The highest BCUT2D eigenvalue weighted by molar-refractivity contribution is 6.32. The molecule has 144 valence electrons. The van der Waals surface area contributed by atoms with Crippen LogP contribution in [0.15, 0.2) is 12.1 Å². The number of ether oxygens (including phenoxy) is 3. The molecule has 0 radical (unpaired) electrons. The van der Waals surface area contributed by atoms with Crippen molar-refractivity contribution in [3.8, 4) is 11.5 Å². The number of carbonyl (C=O) groups is 3. The van der Waals surface area contributed by atoms with Crippen LogP contribution in [0.5, 0.6) is 11.5 Å². The fourth-order valence-corrected chi connectivity index (χ4v) is 4.28. The Balaban J connectivity index is 1.30. The van der Waals surface area contributed by atoms with Crippen LogP contribution >= 0.6 is 11.6 Å². The van der Waals surface area contributed by atoms with E-state index in [4.69, 9.17) is 25.8 Å². The summed E-state index contributed by atoms with van der Waals surface area (Å²) in [6, 6.07) is 3.36. The van der Waals surface area contributed by atoms with Crippen LogP contribution in [0.2, 0.25) is 5.02 Å². The van der Waals surface area contributed by atoms with E-state index in [9.17, 15) is 14.4 Å². The van der Waals surface area contributed by atoms with E-state index in [0.29, 0.717) is 22.1 Å². The highest BCUT2D eigenvalue weighted by Crippen LogP contribution is 2.40. The maximum atomic E-state index is 12.4. The molecule has 2 fully saturated rings. The van der Waals surface area contributed by atoms with E-state index in [-0.39, 0.29) is 50.0 Å². The maximum Gasteiger partial charge on any atom is 0.307 e. The lowest BCUT2D eigenvalue weighted by atomic mass is 9.81. The van der Waals surface area contributed by atoms with Gasteiger partial charge in [-0.1, -0.05) is 24.4 Å². The standard InChI is InChI=1S/C19H20ClNO6/c20-14-7-11(8-15-17(14)27-10-26-15)9-25-16(22)5-6-21-18(23)12-3-1-2-4-13(12)19(21)24/h7-8,12-13H,1-6,9-10H2/t12-,13-/m0/s1. The SMILES string of the molecule is O=C(CCN1C(=O)[C@H]2CCCC[C@@H]2C1=O)OCc1cc(Cl)c2c(c1)OCO2. The van der Waals surface area contributed by atoms with E-state index >= 15 is 0 Å². The second-order valence-electron chi connectivity index (χ2n) is 7.05. The van der Waals surface area contributed by atoms with Crippen molar-refractivity contribution in [1.82, 2.24) is 4.90 Å². The molecular formula is C19H20ClNO6. The number of hydrogen-bond donors (Lipinski definition) is 0. The molecule has 1 saturated carbocycles. The van der Waals surface area contributed by atoms with Crippen molar-refractivity contribution in [2.24, 2.45) is 11.8 Å². The fourth-order valence-electron chi connectivity index (χ4n) is 3.99. The van der Waals surface area contributed by atoms with Gasteiger partial charge in [0.2, 0.25) is 18.6 Å². The Labute approximate surface area is 161 Å². The van der Waals surface area contributed by atoms with Crippen LogP contribution in [0.4, 0.5) is 0 Å². The molecule has 27 heavy (non-hydrogen) atoms. The minimum atomic E-state index is -0.473. The summed E-state index contributed by atoms with van der Waals surface area (Å²) in [5.74, 6) is -0.140. The molecule has 2 atom stereocenters. The molecule has 2 heterocycles. The quantitative estimate of drug-likeness (QED) is 0.565. The third-order valence-electron chi connectivity index (χ3n) is 5.36. The van der Waals surface area contributed by atoms with E-state index < -0.39 is 5.97 Å². The summed E-state index contributed by atoms with van der Waals surface area (Å²) in [7, 11) is 0. The molecule has 0 N–H and O–H groups in total. The number of esters is 1. The van der Waals surface area contributed by atoms with Gasteiger partial charge in [0.1, 0.15) is 6.61 Å². The number of rotatable bonds is 5. The number of halogens is 1. The van der Waals surface area contributed by atoms with Gasteiger partial charge in [0.05, 0.1) is 23.3 Å². The molecule has 1 saturated heterocycles. The molecule has 8 heteroatoms. The predicted octanol–water partition coefficient (Wildman–Crippen LogP) is 2.68. The van der Waals surface area contributed by atoms with Gasteiger partial charge >= 0.3 is 5.97 Å². The van der Waals surface area contributed by atoms with Gasteiger partial charge in [-0.2, -0.15) is 0 Å². The summed E-state index contributed by atoms with van der Waals surface area (Å²) < 4.78 is 15.8. The number of hydrogen-bond acceptors (Lipinski definition) is 6. The molecule has 0 unspecified atom stereocenters. The number of amides is 2. The molecule has 1 aliphatic carbocycles. The first-order chi connectivity index (χ1) is 13.0. The highest BCUT2D eigenvalue weighted by Gasteiger charge is 2.47. The van der Waals surface area contributed by atoms with E-state index in [1.807, 2.05) is 0 Å². The Hall–Kier alpha value is -2.28. The second kappa shape index (κ2) is 7.38. The predicted molar refractivity (Wildman–Crippen MR) is 94.2 cm³/mol. The van der Waals surface area contributed by atoms with Crippen molar-refractivity contribution in [2.45, 2.75) is 38.7 Å². The first kappa shape index (κ1) is 18.1. The molecule has 2 amide bonds. The largest absolute Gasteiger partial charge is 0.461 e. The van der Waals surface area contributed by atoms with Gasteiger partial charge in [0.15, 0.2) is 11.5 Å². The molecule has 2 aliphatic heterocycles. The zero-order chi connectivity index (χ0) is 19.0. The monoisotopic (exact) mass is 393 g/mol. The average molecular weight is 394 g/mol. The smallest absolute Gasteiger partial charge is 0.307 e. The Morgan fingerprint density at radius 2 is 1.85 bits per heavy atom. The minimum absolute atomic E-state index is 0.0186. The molecule has 1 aromatic rings. The summed E-state index contributed by atoms with van der Waals surface area (Å²) in [5, 5.41) is 0.395. The lowest BCUT2D eigenvalue weighted by Gasteiger charge is -2.19. The van der Waals surface area contributed by atoms with Crippen LogP contribution in [0.3, 0.4) is 0 Å². The van der Waals surface area contributed by atoms with Gasteiger partial charge < -0.3 is 14.2 Å². The van der Waals surface area contributed by atoms with Crippen LogP contribution < -0.4 is 9.47 Å². The Bertz CT molecular complexity index is 771. The third kappa shape index (κ3) is 3.48. The summed E-state index contributed by atoms with van der Waals surface area (Å²) in [6.07, 6.45) is 3.47. The average Bonchev–Trinajstić information content (AvgIpc) is 3.23. The topological polar surface area (TPSA) is 82.1 Å². The van der Waals surface area contributed by atoms with Crippen LogP contribution in [-0.4, -0.2) is 36.0 Å². The van der Waals surface area contributed by atoms with Crippen molar-refractivity contribution in [1.29, 1.82) is 0 Å². The number of imide groups is 1. The van der Waals surface area contributed by atoms with E-state index in [0.717, 1.165) is 25.7 Å². The lowest BCUT2D eigenvalue weighted by Crippen LogP contribution is -2.33. The Morgan fingerprint density at radius 1 is 1.15 bits per heavy atom. The van der Waals surface area contributed by atoms with E-state index in [1.54, 1.807) is 12.1 Å². The van der Waals surface area contributed by atoms with Gasteiger partial charge in [-0.05, 0) is 30.5 Å². The Morgan fingerprint density at radius 3 is 2.56 bits per heavy atom. The third-order valence-corrected chi connectivity index (χ3v) is 5.64. The van der Waals surface area contributed by atoms with Crippen molar-refractivity contribution < 1.29 is 28.6 Å². The molecular weight excluding hydrogens is 374 g/mol. The summed E-state index contributed by atoms with van der Waals surface area (Å²) in [4.78, 5) is 38.1. The molecule has 0 aromatic heterocycles. The van der Waals surface area contributed by atoms with E-state index in [1.165, 1.54) is 4.90 Å². The van der Waals surface area contributed by atoms with Crippen molar-refractivity contribution in [3.63, 3.8) is 0 Å². The van der Waals surface area contributed by atoms with Gasteiger partial charge in [0.25, 0.3) is 0 Å². The number of likely N-dealkylation sites (tertiary alicyclic amines) is 1. The lowest BCUT2D eigenvalue weighted by molar-refractivity contribution is -0.146. The molecule has 4 rings (SSSR count). The fraction of sp³-hybridized carbons (Fsp3) is 0.526. The van der Waals surface area contributed by atoms with Crippen LogP contribution in [0.1, 0.15) is 37.7 Å². The van der Waals surface area contributed by atoms with Crippen LogP contribution in [0, 0.1) is 11.8 Å². The Kier molecular flexibility index (Phi) is 4.95. The summed E-state index contributed by atoms with van der Waals surface area (Å²) >= 11 is 6.10. The van der Waals surface area contributed by atoms with Gasteiger partial charge in [-0.3, -0.25) is 19.3 Å². The van der Waals surface area contributed by atoms with Crippen molar-refractivity contribution in [2.75, 3.05) is 13.3 Å². The number of benzene rings is 1. The molecule has 0 bridgehead atoms. The first-order valence-corrected chi connectivity index (χ1v) is 9.51. The molecule has 7 nitrogen and oxygen atoms in total. The maximum absolute atomic E-state index is 12.4. The van der Waals surface area contributed by atoms with E-state index in [2.05, 4.69) is 0 Å². The minimum Gasteiger partial charge on any atom is -0.461 e.